The molecule has 4 rings (SSSR count). The second kappa shape index (κ2) is 6.32. The summed E-state index contributed by atoms with van der Waals surface area (Å²) < 4.78 is 21.7. The molecule has 0 fully saturated rings. The van der Waals surface area contributed by atoms with E-state index in [0.29, 0.717) is 23.5 Å². The lowest BCUT2D eigenvalue weighted by Gasteiger charge is -2.08. The van der Waals surface area contributed by atoms with Crippen molar-refractivity contribution in [1.82, 2.24) is 19.7 Å². The van der Waals surface area contributed by atoms with E-state index in [1.165, 1.54) is 12.4 Å². The van der Waals surface area contributed by atoms with Crippen molar-refractivity contribution in [2.75, 3.05) is 0 Å². The number of aromatic nitrogens is 4. The van der Waals surface area contributed by atoms with Gasteiger partial charge in [-0.1, -0.05) is 30.3 Å². The van der Waals surface area contributed by atoms with Crippen LogP contribution in [0, 0.1) is 5.82 Å². The van der Waals surface area contributed by atoms with Crippen LogP contribution in [0.3, 0.4) is 0 Å². The van der Waals surface area contributed by atoms with E-state index in [-0.39, 0.29) is 5.75 Å². The first-order valence-electron chi connectivity index (χ1n) is 7.82. The Morgan fingerprint density at radius 2 is 1.96 bits per heavy atom. The highest BCUT2D eigenvalue weighted by Gasteiger charge is 2.14. The molecule has 2 aromatic heterocycles. The van der Waals surface area contributed by atoms with Gasteiger partial charge in [-0.2, -0.15) is 5.10 Å². The molecule has 25 heavy (non-hydrogen) atoms. The Bertz CT molecular complexity index is 1030. The van der Waals surface area contributed by atoms with Crippen LogP contribution in [0.25, 0.3) is 22.3 Å². The van der Waals surface area contributed by atoms with Gasteiger partial charge in [0.1, 0.15) is 18.6 Å². The fourth-order valence-corrected chi connectivity index (χ4v) is 2.71. The minimum atomic E-state index is -0.427. The number of hydrogen-bond acceptors (Lipinski definition) is 4. The van der Waals surface area contributed by atoms with Gasteiger partial charge in [0.2, 0.25) is 0 Å². The van der Waals surface area contributed by atoms with Crippen LogP contribution in [0.15, 0.2) is 61.1 Å². The molecule has 0 spiro atoms. The van der Waals surface area contributed by atoms with Crippen molar-refractivity contribution >= 4 is 11.0 Å². The van der Waals surface area contributed by atoms with E-state index in [2.05, 4.69) is 15.1 Å². The Morgan fingerprint density at radius 3 is 2.76 bits per heavy atom. The van der Waals surface area contributed by atoms with Crippen molar-refractivity contribution in [2.24, 2.45) is 7.05 Å². The fourth-order valence-electron chi connectivity index (χ4n) is 2.71. The quantitative estimate of drug-likeness (QED) is 0.570. The van der Waals surface area contributed by atoms with Crippen LogP contribution in [-0.2, 0) is 13.7 Å². The van der Waals surface area contributed by atoms with E-state index >= 15 is 0 Å². The van der Waals surface area contributed by atoms with Gasteiger partial charge in [0.05, 0.1) is 5.39 Å². The van der Waals surface area contributed by atoms with Gasteiger partial charge in [0, 0.05) is 18.8 Å². The fraction of sp³-hybridized carbons (Fsp3) is 0.105. The third-order valence-corrected chi connectivity index (χ3v) is 3.95. The lowest BCUT2D eigenvalue weighted by molar-refractivity contribution is 0.290. The molecular weight excluding hydrogens is 319 g/mol. The molecule has 6 heteroatoms. The van der Waals surface area contributed by atoms with Crippen LogP contribution >= 0.6 is 0 Å². The summed E-state index contributed by atoms with van der Waals surface area (Å²) in [5.41, 5.74) is 2.99. The normalized spacial score (nSPS) is 11.0. The zero-order valence-electron chi connectivity index (χ0n) is 13.6. The van der Waals surface area contributed by atoms with E-state index in [4.69, 9.17) is 4.74 Å². The average molecular weight is 334 g/mol. The van der Waals surface area contributed by atoms with Crippen molar-refractivity contribution in [3.05, 3.63) is 72.4 Å². The minimum Gasteiger partial charge on any atom is -0.486 e. The van der Waals surface area contributed by atoms with Crippen LogP contribution in [0.5, 0.6) is 5.75 Å². The lowest BCUT2D eigenvalue weighted by atomic mass is 10.1. The molecule has 5 nitrogen and oxygen atoms in total. The summed E-state index contributed by atoms with van der Waals surface area (Å²) in [6.45, 7) is 0.317. The summed E-state index contributed by atoms with van der Waals surface area (Å²) in [7, 11) is 1.80. The van der Waals surface area contributed by atoms with E-state index in [1.54, 1.807) is 30.1 Å². The third kappa shape index (κ3) is 2.94. The van der Waals surface area contributed by atoms with E-state index in [9.17, 15) is 4.39 Å². The van der Waals surface area contributed by atoms with Crippen molar-refractivity contribution in [2.45, 2.75) is 6.61 Å². The maximum absolute atomic E-state index is 14.5. The van der Waals surface area contributed by atoms with Gasteiger partial charge < -0.3 is 4.74 Å². The second-order valence-corrected chi connectivity index (χ2v) is 5.65. The predicted molar refractivity (Wildman–Crippen MR) is 92.5 cm³/mol. The molecule has 0 atom stereocenters. The van der Waals surface area contributed by atoms with E-state index in [1.807, 2.05) is 30.3 Å². The monoisotopic (exact) mass is 334 g/mol. The summed E-state index contributed by atoms with van der Waals surface area (Å²) in [6.07, 6.45) is 3.15. The Hall–Kier alpha value is -3.28. The van der Waals surface area contributed by atoms with Gasteiger partial charge in [-0.3, -0.25) is 0 Å². The van der Waals surface area contributed by atoms with Gasteiger partial charge in [0.15, 0.2) is 17.2 Å². The Balaban J connectivity index is 1.63. The lowest BCUT2D eigenvalue weighted by Crippen LogP contribution is -1.97. The van der Waals surface area contributed by atoms with Gasteiger partial charge in [-0.15, -0.1) is 0 Å². The molecule has 0 unspecified atom stereocenters. The van der Waals surface area contributed by atoms with Crippen LogP contribution in [0.4, 0.5) is 4.39 Å². The number of benzene rings is 2. The molecule has 0 aliphatic rings. The summed E-state index contributed by atoms with van der Waals surface area (Å²) in [4.78, 5) is 8.23. The molecule has 0 bridgehead atoms. The molecule has 0 aliphatic heterocycles. The third-order valence-electron chi connectivity index (χ3n) is 3.95. The molecule has 0 radical (unpaired) electrons. The standard InChI is InChI=1S/C19H15FN4O/c1-24-19-15(10-21-12-22-19)18(23-24)14-7-8-17(16(20)9-14)25-11-13-5-3-2-4-6-13/h2-10,12H,11H2,1H3. The van der Waals surface area contributed by atoms with E-state index in [0.717, 1.165) is 10.9 Å². The van der Waals surface area contributed by atoms with Crippen molar-refractivity contribution in [1.29, 1.82) is 0 Å². The maximum Gasteiger partial charge on any atom is 0.165 e. The minimum absolute atomic E-state index is 0.212. The first-order chi connectivity index (χ1) is 12.2. The number of hydrogen-bond donors (Lipinski definition) is 0. The summed E-state index contributed by atoms with van der Waals surface area (Å²) in [5, 5.41) is 5.21. The Kier molecular flexibility index (Phi) is 3.85. The number of nitrogens with zero attached hydrogens (tertiary/aromatic N) is 4. The van der Waals surface area contributed by atoms with E-state index < -0.39 is 5.82 Å². The summed E-state index contributed by atoms with van der Waals surface area (Å²) in [5.74, 6) is -0.215. The van der Waals surface area contributed by atoms with Gasteiger partial charge in [-0.25, -0.2) is 19.0 Å². The number of aryl methyl sites for hydroxylation is 1. The second-order valence-electron chi connectivity index (χ2n) is 5.65. The predicted octanol–water partition coefficient (Wildman–Crippen LogP) is 3.75. The van der Waals surface area contributed by atoms with Crippen LogP contribution in [-0.4, -0.2) is 19.7 Å². The SMILES string of the molecule is Cn1nc(-c2ccc(OCc3ccccc3)c(F)c2)c2cncnc21. The van der Waals surface area contributed by atoms with Gasteiger partial charge >= 0.3 is 0 Å². The zero-order chi connectivity index (χ0) is 17.2. The highest BCUT2D eigenvalue weighted by Crippen LogP contribution is 2.29. The van der Waals surface area contributed by atoms with Crippen LogP contribution in [0.1, 0.15) is 5.56 Å². The van der Waals surface area contributed by atoms with Crippen molar-refractivity contribution in [3.63, 3.8) is 0 Å². The molecule has 124 valence electrons. The largest absolute Gasteiger partial charge is 0.486 e. The molecule has 0 aliphatic carbocycles. The molecule has 2 heterocycles. The van der Waals surface area contributed by atoms with Gasteiger partial charge in [0.25, 0.3) is 0 Å². The van der Waals surface area contributed by atoms with Crippen LogP contribution < -0.4 is 4.74 Å². The molecule has 0 amide bonds. The topological polar surface area (TPSA) is 52.8 Å². The first-order valence-corrected chi connectivity index (χ1v) is 7.82. The smallest absolute Gasteiger partial charge is 0.165 e. The van der Waals surface area contributed by atoms with Crippen LogP contribution in [0.2, 0.25) is 0 Å². The number of ether oxygens (including phenoxy) is 1. The molecule has 0 saturated carbocycles. The van der Waals surface area contributed by atoms with Gasteiger partial charge in [-0.05, 0) is 23.8 Å². The highest BCUT2D eigenvalue weighted by molar-refractivity contribution is 5.90. The number of rotatable bonds is 4. The zero-order valence-corrected chi connectivity index (χ0v) is 13.6. The molecular formula is C19H15FN4O. The number of fused-ring (bicyclic) bond motifs is 1. The first kappa shape index (κ1) is 15.3. The molecule has 2 aromatic carbocycles. The highest BCUT2D eigenvalue weighted by atomic mass is 19.1. The Morgan fingerprint density at radius 1 is 1.12 bits per heavy atom. The summed E-state index contributed by atoms with van der Waals surface area (Å²) >= 11 is 0. The average Bonchev–Trinajstić information content (AvgIpc) is 2.99. The molecule has 4 aromatic rings. The summed E-state index contributed by atoms with van der Waals surface area (Å²) in [6, 6.07) is 14.5. The maximum atomic E-state index is 14.5. The Labute approximate surface area is 143 Å². The molecule has 0 N–H and O–H groups in total. The van der Waals surface area contributed by atoms with Crippen molar-refractivity contribution < 1.29 is 9.13 Å². The molecule has 0 saturated heterocycles. The number of halogens is 1. The van der Waals surface area contributed by atoms with Crippen molar-refractivity contribution in [3.8, 4) is 17.0 Å².